The molecule has 1 saturated heterocycles. The number of nitrogens with two attached hydrogens (primary N) is 1. The number of rotatable bonds is 5. The number of hydrogen-bond acceptors (Lipinski definition) is 3. The summed E-state index contributed by atoms with van der Waals surface area (Å²) in [5, 5.41) is 0. The van der Waals surface area contributed by atoms with Crippen LogP contribution in [0.1, 0.15) is 24.8 Å². The van der Waals surface area contributed by atoms with Gasteiger partial charge in [0.05, 0.1) is 0 Å². The molecule has 1 fully saturated rings. The van der Waals surface area contributed by atoms with Crippen molar-refractivity contribution in [1.82, 2.24) is 4.90 Å². The second-order valence-corrected chi connectivity index (χ2v) is 5.85. The van der Waals surface area contributed by atoms with Crippen LogP contribution in [0.2, 0.25) is 0 Å². The molecule has 0 bridgehead atoms. The fourth-order valence-electron chi connectivity index (χ4n) is 2.90. The van der Waals surface area contributed by atoms with Crippen LogP contribution >= 0.6 is 0 Å². The van der Waals surface area contributed by atoms with Crippen molar-refractivity contribution in [2.24, 2.45) is 11.7 Å². The summed E-state index contributed by atoms with van der Waals surface area (Å²) < 4.78 is 0. The minimum absolute atomic E-state index is 0.623. The summed E-state index contributed by atoms with van der Waals surface area (Å²) in [6.45, 7) is 4.30. The molecule has 1 heterocycles. The molecule has 3 nitrogen and oxygen atoms in total. The van der Waals surface area contributed by atoms with Crippen LogP contribution in [0.5, 0.6) is 0 Å². The van der Waals surface area contributed by atoms with E-state index in [4.69, 9.17) is 5.73 Å². The van der Waals surface area contributed by atoms with Crippen LogP contribution in [0.4, 0.5) is 5.69 Å². The Labute approximate surface area is 117 Å². The lowest BCUT2D eigenvalue weighted by Crippen LogP contribution is -2.34. The fourth-order valence-corrected chi connectivity index (χ4v) is 2.90. The summed E-state index contributed by atoms with van der Waals surface area (Å²) >= 11 is 0. The molecule has 106 valence electrons. The monoisotopic (exact) mass is 261 g/mol. The van der Waals surface area contributed by atoms with E-state index in [1.54, 1.807) is 0 Å². The molecule has 0 radical (unpaired) electrons. The van der Waals surface area contributed by atoms with Crippen molar-refractivity contribution >= 4 is 5.69 Å². The van der Waals surface area contributed by atoms with Gasteiger partial charge in [-0.25, -0.2) is 0 Å². The van der Waals surface area contributed by atoms with Crippen molar-refractivity contribution in [2.45, 2.75) is 25.8 Å². The van der Waals surface area contributed by atoms with Gasteiger partial charge in [0.1, 0.15) is 0 Å². The highest BCUT2D eigenvalue weighted by molar-refractivity contribution is 5.46. The molecule has 0 amide bonds. The summed E-state index contributed by atoms with van der Waals surface area (Å²) in [6, 6.07) is 8.60. The Kier molecular flexibility index (Phi) is 5.23. The average Bonchev–Trinajstić information content (AvgIpc) is 2.45. The van der Waals surface area contributed by atoms with E-state index < -0.39 is 0 Å². The zero-order valence-corrected chi connectivity index (χ0v) is 12.3. The Bertz CT molecular complexity index is 374. The lowest BCUT2D eigenvalue weighted by atomic mass is 9.95. The number of piperidine rings is 1. The molecular formula is C16H27N3. The first-order valence-corrected chi connectivity index (χ1v) is 7.37. The fraction of sp³-hybridized carbons (Fsp3) is 0.625. The molecular weight excluding hydrogens is 234 g/mol. The third-order valence-electron chi connectivity index (χ3n) is 4.21. The van der Waals surface area contributed by atoms with E-state index in [9.17, 15) is 0 Å². The number of hydrogen-bond donors (Lipinski definition) is 1. The van der Waals surface area contributed by atoms with Gasteiger partial charge in [0, 0.05) is 32.4 Å². The molecule has 0 aliphatic carbocycles. The van der Waals surface area contributed by atoms with Crippen molar-refractivity contribution in [2.75, 3.05) is 38.6 Å². The molecule has 19 heavy (non-hydrogen) atoms. The number of likely N-dealkylation sites (tertiary alicyclic amines) is 1. The van der Waals surface area contributed by atoms with Gasteiger partial charge in [-0.1, -0.05) is 12.1 Å². The molecule has 0 saturated carbocycles. The zero-order chi connectivity index (χ0) is 13.7. The van der Waals surface area contributed by atoms with E-state index in [0.29, 0.717) is 6.54 Å². The highest BCUT2D eigenvalue weighted by Gasteiger charge is 2.17. The summed E-state index contributed by atoms with van der Waals surface area (Å²) in [5.74, 6) is 0.865. The third-order valence-corrected chi connectivity index (χ3v) is 4.21. The lowest BCUT2D eigenvalue weighted by Gasteiger charge is -2.31. The van der Waals surface area contributed by atoms with Crippen molar-refractivity contribution < 1.29 is 0 Å². The molecule has 2 rings (SSSR count). The maximum atomic E-state index is 5.63. The molecule has 1 unspecified atom stereocenters. The Morgan fingerprint density at radius 2 is 2.05 bits per heavy atom. The quantitative estimate of drug-likeness (QED) is 0.883. The standard InChI is InChI=1S/C16H27N3/c1-18-10-3-4-15(13-18)9-11-19(2)16-7-5-14(12-17)6-8-16/h5-8,15H,3-4,9-13,17H2,1-2H3. The van der Waals surface area contributed by atoms with Crippen LogP contribution < -0.4 is 10.6 Å². The van der Waals surface area contributed by atoms with Crippen molar-refractivity contribution in [3.05, 3.63) is 29.8 Å². The molecule has 0 aromatic heterocycles. The third kappa shape index (κ3) is 4.22. The van der Waals surface area contributed by atoms with E-state index in [-0.39, 0.29) is 0 Å². The first-order chi connectivity index (χ1) is 9.19. The second kappa shape index (κ2) is 6.92. The SMILES string of the molecule is CN1CCCC(CCN(C)c2ccc(CN)cc2)C1. The van der Waals surface area contributed by atoms with E-state index in [1.807, 2.05) is 0 Å². The summed E-state index contributed by atoms with van der Waals surface area (Å²) in [4.78, 5) is 4.82. The number of anilines is 1. The highest BCUT2D eigenvalue weighted by Crippen LogP contribution is 2.20. The maximum absolute atomic E-state index is 5.63. The van der Waals surface area contributed by atoms with E-state index in [1.165, 1.54) is 43.6 Å². The summed E-state index contributed by atoms with van der Waals surface area (Å²) in [6.07, 6.45) is 4.04. The molecule has 2 N–H and O–H groups in total. The molecule has 3 heteroatoms. The predicted octanol–water partition coefficient (Wildman–Crippen LogP) is 2.31. The second-order valence-electron chi connectivity index (χ2n) is 5.85. The first kappa shape index (κ1) is 14.4. The van der Waals surface area contributed by atoms with Gasteiger partial charge in [-0.15, -0.1) is 0 Å². The number of benzene rings is 1. The van der Waals surface area contributed by atoms with Gasteiger partial charge in [-0.05, 0) is 56.5 Å². The lowest BCUT2D eigenvalue weighted by molar-refractivity contribution is 0.203. The topological polar surface area (TPSA) is 32.5 Å². The van der Waals surface area contributed by atoms with Gasteiger partial charge in [-0.2, -0.15) is 0 Å². The minimum atomic E-state index is 0.623. The van der Waals surface area contributed by atoms with Gasteiger partial charge >= 0.3 is 0 Å². The highest BCUT2D eigenvalue weighted by atomic mass is 15.1. The molecule has 0 spiro atoms. The van der Waals surface area contributed by atoms with Crippen molar-refractivity contribution in [3.63, 3.8) is 0 Å². The van der Waals surface area contributed by atoms with Gasteiger partial charge in [0.2, 0.25) is 0 Å². The van der Waals surface area contributed by atoms with E-state index in [0.717, 1.165) is 12.5 Å². The number of nitrogens with zero attached hydrogens (tertiary/aromatic N) is 2. The summed E-state index contributed by atoms with van der Waals surface area (Å²) in [7, 11) is 4.42. The Hall–Kier alpha value is -1.06. The van der Waals surface area contributed by atoms with Crippen molar-refractivity contribution in [1.29, 1.82) is 0 Å². The average molecular weight is 261 g/mol. The van der Waals surface area contributed by atoms with Gasteiger partial charge < -0.3 is 15.5 Å². The van der Waals surface area contributed by atoms with Gasteiger partial charge in [0.15, 0.2) is 0 Å². The largest absolute Gasteiger partial charge is 0.375 e. The maximum Gasteiger partial charge on any atom is 0.0363 e. The van der Waals surface area contributed by atoms with Crippen LogP contribution in [-0.4, -0.2) is 38.6 Å². The van der Waals surface area contributed by atoms with E-state index in [2.05, 4.69) is 48.2 Å². The predicted molar refractivity (Wildman–Crippen MR) is 82.4 cm³/mol. The first-order valence-electron chi connectivity index (χ1n) is 7.37. The van der Waals surface area contributed by atoms with Crippen LogP contribution in [0, 0.1) is 5.92 Å². The zero-order valence-electron chi connectivity index (χ0n) is 12.3. The van der Waals surface area contributed by atoms with Crippen LogP contribution in [0.15, 0.2) is 24.3 Å². The molecule has 1 aromatic carbocycles. The normalized spacial score (nSPS) is 20.5. The molecule has 1 aliphatic heterocycles. The van der Waals surface area contributed by atoms with Crippen LogP contribution in [0.25, 0.3) is 0 Å². The minimum Gasteiger partial charge on any atom is -0.375 e. The summed E-state index contributed by atoms with van der Waals surface area (Å²) in [5.41, 5.74) is 8.12. The van der Waals surface area contributed by atoms with Crippen molar-refractivity contribution in [3.8, 4) is 0 Å². The van der Waals surface area contributed by atoms with Gasteiger partial charge in [-0.3, -0.25) is 0 Å². The molecule has 1 aromatic rings. The Morgan fingerprint density at radius 3 is 2.68 bits per heavy atom. The van der Waals surface area contributed by atoms with Crippen LogP contribution in [0.3, 0.4) is 0 Å². The van der Waals surface area contributed by atoms with E-state index >= 15 is 0 Å². The Morgan fingerprint density at radius 1 is 1.32 bits per heavy atom. The Balaban J connectivity index is 1.81. The van der Waals surface area contributed by atoms with Gasteiger partial charge in [0.25, 0.3) is 0 Å². The molecule has 1 atom stereocenters. The smallest absolute Gasteiger partial charge is 0.0363 e. The molecule has 1 aliphatic rings. The van der Waals surface area contributed by atoms with Crippen LogP contribution in [-0.2, 0) is 6.54 Å².